The monoisotopic (exact) mass is 349 g/mol. The summed E-state index contributed by atoms with van der Waals surface area (Å²) in [7, 11) is 0. The van der Waals surface area contributed by atoms with Crippen molar-refractivity contribution in [1.82, 2.24) is 0 Å². The van der Waals surface area contributed by atoms with Crippen molar-refractivity contribution in [2.75, 3.05) is 23.4 Å². The van der Waals surface area contributed by atoms with Gasteiger partial charge in [-0.05, 0) is 42.0 Å². The van der Waals surface area contributed by atoms with Crippen LogP contribution in [0, 0.1) is 5.82 Å². The molecule has 1 aliphatic rings. The molecular formula is C17H16FNO2S2. The normalized spacial score (nSPS) is 14.7. The number of thioether (sulfide) groups is 2. The molecule has 2 aromatic rings. The molecule has 0 radical (unpaired) electrons. The smallest absolute Gasteiger partial charge is 0.262 e. The first-order valence-corrected chi connectivity index (χ1v) is 9.32. The van der Waals surface area contributed by atoms with Gasteiger partial charge >= 0.3 is 0 Å². The molecule has 0 bridgehead atoms. The molecule has 1 aliphatic heterocycles. The van der Waals surface area contributed by atoms with Crippen molar-refractivity contribution in [2.24, 2.45) is 0 Å². The van der Waals surface area contributed by atoms with Gasteiger partial charge in [0.15, 0.2) is 6.61 Å². The fourth-order valence-corrected chi connectivity index (χ4v) is 5.01. The predicted molar refractivity (Wildman–Crippen MR) is 94.6 cm³/mol. The van der Waals surface area contributed by atoms with E-state index in [-0.39, 0.29) is 18.3 Å². The van der Waals surface area contributed by atoms with Crippen LogP contribution in [-0.4, -0.2) is 24.0 Å². The van der Waals surface area contributed by atoms with E-state index in [0.29, 0.717) is 16.0 Å². The Balaban J connectivity index is 1.49. The van der Waals surface area contributed by atoms with Crippen LogP contribution in [0.5, 0.6) is 5.75 Å². The Bertz CT molecular complexity index is 655. The van der Waals surface area contributed by atoms with Crippen LogP contribution in [0.3, 0.4) is 0 Å². The number of ether oxygens (including phenoxy) is 1. The number of anilines is 1. The summed E-state index contributed by atoms with van der Waals surface area (Å²) in [5.41, 5.74) is 1.83. The number of amides is 1. The number of benzene rings is 2. The van der Waals surface area contributed by atoms with Gasteiger partial charge in [-0.3, -0.25) is 4.79 Å². The molecule has 120 valence electrons. The van der Waals surface area contributed by atoms with E-state index in [9.17, 15) is 9.18 Å². The van der Waals surface area contributed by atoms with E-state index in [1.165, 1.54) is 41.3 Å². The molecule has 1 fully saturated rings. The molecule has 3 rings (SSSR count). The highest BCUT2D eigenvalue weighted by atomic mass is 32.2. The largest absolute Gasteiger partial charge is 0.484 e. The Kier molecular flexibility index (Phi) is 5.46. The standard InChI is InChI=1S/C17H16FNO2S2/c18-13-3-5-14(6-4-13)19-16(20)11-21-15-7-1-12(2-8-15)17-22-9-10-23-17/h1-8,17H,9-11H2,(H,19,20). The van der Waals surface area contributed by atoms with Gasteiger partial charge < -0.3 is 10.1 Å². The predicted octanol–water partition coefficient (Wildman–Crippen LogP) is 4.32. The van der Waals surface area contributed by atoms with E-state index < -0.39 is 0 Å². The fraction of sp³-hybridized carbons (Fsp3) is 0.235. The lowest BCUT2D eigenvalue weighted by Crippen LogP contribution is -2.20. The molecule has 0 unspecified atom stereocenters. The minimum Gasteiger partial charge on any atom is -0.484 e. The summed E-state index contributed by atoms with van der Waals surface area (Å²) < 4.78 is 18.8. The highest BCUT2D eigenvalue weighted by Crippen LogP contribution is 2.45. The highest BCUT2D eigenvalue weighted by molar-refractivity contribution is 8.19. The van der Waals surface area contributed by atoms with Crippen molar-refractivity contribution in [3.05, 3.63) is 59.9 Å². The first-order valence-electron chi connectivity index (χ1n) is 7.22. The van der Waals surface area contributed by atoms with Crippen molar-refractivity contribution in [1.29, 1.82) is 0 Å². The molecule has 0 atom stereocenters. The van der Waals surface area contributed by atoms with Crippen molar-refractivity contribution < 1.29 is 13.9 Å². The van der Waals surface area contributed by atoms with Crippen LogP contribution in [0.4, 0.5) is 10.1 Å². The third kappa shape index (κ3) is 4.65. The molecule has 3 nitrogen and oxygen atoms in total. The Labute approximate surface area is 143 Å². The van der Waals surface area contributed by atoms with Gasteiger partial charge in [0.05, 0.1) is 4.58 Å². The first-order chi connectivity index (χ1) is 11.2. The minimum absolute atomic E-state index is 0.0797. The maximum atomic E-state index is 12.8. The molecule has 6 heteroatoms. The van der Waals surface area contributed by atoms with Gasteiger partial charge in [-0.25, -0.2) is 4.39 Å². The molecule has 0 aliphatic carbocycles. The highest BCUT2D eigenvalue weighted by Gasteiger charge is 2.17. The van der Waals surface area contributed by atoms with E-state index in [2.05, 4.69) is 5.32 Å². The zero-order valence-electron chi connectivity index (χ0n) is 12.3. The molecule has 0 aromatic heterocycles. The number of nitrogens with one attached hydrogen (secondary N) is 1. The molecule has 1 amide bonds. The molecule has 0 spiro atoms. The number of hydrogen-bond donors (Lipinski definition) is 1. The number of carbonyl (C=O) groups is 1. The topological polar surface area (TPSA) is 38.3 Å². The maximum absolute atomic E-state index is 12.8. The summed E-state index contributed by atoms with van der Waals surface area (Å²) in [6.07, 6.45) is 0. The van der Waals surface area contributed by atoms with Crippen LogP contribution in [-0.2, 0) is 4.79 Å². The number of halogens is 1. The SMILES string of the molecule is O=C(COc1ccc(C2SCCS2)cc1)Nc1ccc(F)cc1. The minimum atomic E-state index is -0.335. The van der Waals surface area contributed by atoms with Crippen LogP contribution in [0.1, 0.15) is 10.1 Å². The molecule has 1 N–H and O–H groups in total. The fourth-order valence-electron chi connectivity index (χ4n) is 2.15. The zero-order valence-corrected chi connectivity index (χ0v) is 14.0. The van der Waals surface area contributed by atoms with Crippen LogP contribution in [0.15, 0.2) is 48.5 Å². The summed E-state index contributed by atoms with van der Waals surface area (Å²) in [6, 6.07) is 13.5. The van der Waals surface area contributed by atoms with Gasteiger partial charge in [0, 0.05) is 17.2 Å². The number of rotatable bonds is 5. The molecule has 1 saturated heterocycles. The Morgan fingerprint density at radius 3 is 2.39 bits per heavy atom. The molecule has 2 aromatic carbocycles. The molecular weight excluding hydrogens is 333 g/mol. The average Bonchev–Trinajstić information content (AvgIpc) is 3.10. The molecule has 0 saturated carbocycles. The average molecular weight is 349 g/mol. The number of hydrogen-bond acceptors (Lipinski definition) is 4. The van der Waals surface area contributed by atoms with Crippen molar-refractivity contribution in [2.45, 2.75) is 4.58 Å². The maximum Gasteiger partial charge on any atom is 0.262 e. The second-order valence-corrected chi connectivity index (χ2v) is 7.71. The van der Waals surface area contributed by atoms with Crippen molar-refractivity contribution in [3.63, 3.8) is 0 Å². The third-order valence-corrected chi connectivity index (χ3v) is 6.38. The van der Waals surface area contributed by atoms with E-state index in [1.54, 1.807) is 0 Å². The van der Waals surface area contributed by atoms with Gasteiger partial charge in [-0.15, -0.1) is 23.5 Å². The summed E-state index contributed by atoms with van der Waals surface area (Å²) in [6.45, 7) is -0.0797. The Morgan fingerprint density at radius 1 is 1.09 bits per heavy atom. The Hall–Kier alpha value is -1.66. The second kappa shape index (κ2) is 7.75. The quantitative estimate of drug-likeness (QED) is 0.872. The van der Waals surface area contributed by atoms with E-state index in [4.69, 9.17) is 4.74 Å². The molecule has 1 heterocycles. The van der Waals surface area contributed by atoms with E-state index >= 15 is 0 Å². The van der Waals surface area contributed by atoms with Crippen molar-refractivity contribution in [3.8, 4) is 5.75 Å². The number of carbonyl (C=O) groups excluding carboxylic acids is 1. The van der Waals surface area contributed by atoms with Crippen LogP contribution >= 0.6 is 23.5 Å². The lowest BCUT2D eigenvalue weighted by Gasteiger charge is -2.10. The zero-order chi connectivity index (χ0) is 16.1. The summed E-state index contributed by atoms with van der Waals surface area (Å²) in [5, 5.41) is 2.66. The van der Waals surface area contributed by atoms with Gasteiger partial charge in [0.2, 0.25) is 0 Å². The van der Waals surface area contributed by atoms with Gasteiger partial charge in [0.25, 0.3) is 5.91 Å². The van der Waals surface area contributed by atoms with Crippen LogP contribution in [0.2, 0.25) is 0 Å². The van der Waals surface area contributed by atoms with Crippen LogP contribution < -0.4 is 10.1 Å². The van der Waals surface area contributed by atoms with E-state index in [0.717, 1.165) is 0 Å². The van der Waals surface area contributed by atoms with Gasteiger partial charge in [0.1, 0.15) is 11.6 Å². The summed E-state index contributed by atoms with van der Waals surface area (Å²) in [4.78, 5) is 11.8. The van der Waals surface area contributed by atoms with Gasteiger partial charge in [-0.2, -0.15) is 0 Å². The lowest BCUT2D eigenvalue weighted by atomic mass is 10.2. The lowest BCUT2D eigenvalue weighted by molar-refractivity contribution is -0.118. The second-order valence-electron chi connectivity index (χ2n) is 4.99. The molecule has 23 heavy (non-hydrogen) atoms. The van der Waals surface area contributed by atoms with Crippen molar-refractivity contribution >= 4 is 35.1 Å². The summed E-state index contributed by atoms with van der Waals surface area (Å²) >= 11 is 3.91. The van der Waals surface area contributed by atoms with Gasteiger partial charge in [-0.1, -0.05) is 12.1 Å². The third-order valence-electron chi connectivity index (χ3n) is 3.27. The summed E-state index contributed by atoms with van der Waals surface area (Å²) in [5.74, 6) is 2.44. The van der Waals surface area contributed by atoms with Crippen LogP contribution in [0.25, 0.3) is 0 Å². The van der Waals surface area contributed by atoms with E-state index in [1.807, 2.05) is 47.8 Å². The first kappa shape index (κ1) is 16.2. The Morgan fingerprint density at radius 2 is 1.74 bits per heavy atom.